The molecular weight excluding hydrogens is 468 g/mol. The van der Waals surface area contributed by atoms with Crippen LogP contribution in [0.3, 0.4) is 0 Å². The van der Waals surface area contributed by atoms with E-state index in [-0.39, 0.29) is 17.7 Å². The van der Waals surface area contributed by atoms with Crippen molar-refractivity contribution in [3.63, 3.8) is 0 Å². The smallest absolute Gasteiger partial charge is 0.270 e. The van der Waals surface area contributed by atoms with E-state index in [1.54, 1.807) is 0 Å². The van der Waals surface area contributed by atoms with Crippen LogP contribution in [0.15, 0.2) is 42.5 Å². The molecule has 0 spiro atoms. The van der Waals surface area contributed by atoms with Gasteiger partial charge in [0.05, 0.1) is 11.6 Å². The van der Waals surface area contributed by atoms with Crippen molar-refractivity contribution in [3.05, 3.63) is 63.6 Å². The van der Waals surface area contributed by atoms with Crippen LogP contribution >= 0.6 is 22.9 Å². The maximum atomic E-state index is 13.4. The van der Waals surface area contributed by atoms with Gasteiger partial charge in [0.15, 0.2) is 0 Å². The molecule has 1 unspecified atom stereocenters. The number of carbonyl (C=O) groups excluding carboxylic acids is 2. The molecule has 6 nitrogen and oxygen atoms in total. The third kappa shape index (κ3) is 3.72. The number of nitrogens with zero attached hydrogens (tertiary/aromatic N) is 4. The van der Waals surface area contributed by atoms with Crippen LogP contribution in [-0.4, -0.2) is 54.9 Å². The Morgan fingerprint density at radius 2 is 1.91 bits per heavy atom. The first-order valence-electron chi connectivity index (χ1n) is 11.7. The Hall–Kier alpha value is -2.74. The van der Waals surface area contributed by atoms with E-state index < -0.39 is 0 Å². The van der Waals surface area contributed by atoms with E-state index in [9.17, 15) is 9.59 Å². The molecule has 2 amide bonds. The Morgan fingerprint density at radius 1 is 1.09 bits per heavy atom. The number of likely N-dealkylation sites (tertiary alicyclic amines) is 1. The third-order valence-corrected chi connectivity index (χ3v) is 8.46. The van der Waals surface area contributed by atoms with E-state index >= 15 is 0 Å². The zero-order valence-corrected chi connectivity index (χ0v) is 20.5. The van der Waals surface area contributed by atoms with Gasteiger partial charge in [0, 0.05) is 48.0 Å². The van der Waals surface area contributed by atoms with Gasteiger partial charge >= 0.3 is 0 Å². The average Bonchev–Trinajstić information content (AvgIpc) is 3.57. The second-order valence-corrected chi connectivity index (χ2v) is 10.7. The molecule has 0 bridgehead atoms. The molecule has 1 saturated heterocycles. The standard InChI is InChI=1S/C26H25ClN4O2S/c1-29-11-8-18(15-29)25(32)31-12-9-17-14-20(6-7-22(17)31)30-13-10-21-23(26(30)33)34-24(28-21)16-2-4-19(27)5-3-16/h2-7,14,18H,8-13,15H2,1H3. The molecule has 6 rings (SSSR count). The molecule has 174 valence electrons. The molecule has 1 aromatic heterocycles. The number of hydrogen-bond donors (Lipinski definition) is 0. The highest BCUT2D eigenvalue weighted by Crippen LogP contribution is 2.37. The van der Waals surface area contributed by atoms with Crippen molar-refractivity contribution in [1.29, 1.82) is 0 Å². The fourth-order valence-electron chi connectivity index (χ4n) is 5.23. The molecule has 1 atom stereocenters. The normalized spacial score (nSPS) is 20.1. The predicted molar refractivity (Wildman–Crippen MR) is 136 cm³/mol. The quantitative estimate of drug-likeness (QED) is 0.540. The summed E-state index contributed by atoms with van der Waals surface area (Å²) in [6.07, 6.45) is 2.48. The van der Waals surface area contributed by atoms with Crippen LogP contribution in [0.25, 0.3) is 10.6 Å². The number of rotatable bonds is 3. The fraction of sp³-hybridized carbons (Fsp3) is 0.346. The minimum absolute atomic E-state index is 0.00108. The number of fused-ring (bicyclic) bond motifs is 2. The summed E-state index contributed by atoms with van der Waals surface area (Å²) in [6, 6.07) is 13.6. The second kappa shape index (κ2) is 8.48. The Morgan fingerprint density at radius 3 is 2.68 bits per heavy atom. The van der Waals surface area contributed by atoms with Gasteiger partial charge in [-0.05, 0) is 62.3 Å². The van der Waals surface area contributed by atoms with Gasteiger partial charge in [-0.1, -0.05) is 23.7 Å². The highest BCUT2D eigenvalue weighted by atomic mass is 35.5. The molecule has 1 fully saturated rings. The van der Waals surface area contributed by atoms with Gasteiger partial charge in [-0.2, -0.15) is 0 Å². The number of benzene rings is 2. The average molecular weight is 493 g/mol. The van der Waals surface area contributed by atoms with Crippen molar-refractivity contribution in [3.8, 4) is 10.6 Å². The monoisotopic (exact) mass is 492 g/mol. The molecule has 3 aliphatic heterocycles. The summed E-state index contributed by atoms with van der Waals surface area (Å²) in [4.78, 5) is 38.0. The Kier molecular flexibility index (Phi) is 5.43. The first-order chi connectivity index (χ1) is 16.5. The number of halogens is 1. The van der Waals surface area contributed by atoms with Crippen molar-refractivity contribution in [1.82, 2.24) is 9.88 Å². The van der Waals surface area contributed by atoms with E-state index in [2.05, 4.69) is 18.0 Å². The van der Waals surface area contributed by atoms with Crippen LogP contribution in [0, 0.1) is 5.92 Å². The molecular formula is C26H25ClN4O2S. The molecule has 0 N–H and O–H groups in total. The van der Waals surface area contributed by atoms with Crippen LogP contribution in [0.5, 0.6) is 0 Å². The first-order valence-corrected chi connectivity index (χ1v) is 12.9. The molecule has 3 aliphatic rings. The van der Waals surface area contributed by atoms with Gasteiger partial charge in [-0.25, -0.2) is 4.98 Å². The summed E-state index contributed by atoms with van der Waals surface area (Å²) < 4.78 is 0. The number of aromatic nitrogens is 1. The number of carbonyl (C=O) groups is 2. The van der Waals surface area contributed by atoms with E-state index in [1.165, 1.54) is 11.3 Å². The van der Waals surface area contributed by atoms with Crippen LogP contribution < -0.4 is 9.80 Å². The largest absolute Gasteiger partial charge is 0.312 e. The Bertz CT molecular complexity index is 1290. The number of thiazole rings is 1. The molecule has 0 radical (unpaired) electrons. The molecule has 8 heteroatoms. The van der Waals surface area contributed by atoms with E-state index in [4.69, 9.17) is 16.6 Å². The topological polar surface area (TPSA) is 56.8 Å². The number of hydrogen-bond acceptors (Lipinski definition) is 5. The molecule has 0 saturated carbocycles. The minimum Gasteiger partial charge on any atom is -0.312 e. The summed E-state index contributed by atoms with van der Waals surface area (Å²) in [7, 11) is 2.07. The second-order valence-electron chi connectivity index (χ2n) is 9.31. The summed E-state index contributed by atoms with van der Waals surface area (Å²) in [5.41, 5.74) is 4.87. The summed E-state index contributed by atoms with van der Waals surface area (Å²) in [5.74, 6) is 0.312. The molecule has 34 heavy (non-hydrogen) atoms. The lowest BCUT2D eigenvalue weighted by Gasteiger charge is -2.27. The van der Waals surface area contributed by atoms with Gasteiger partial charge in [0.25, 0.3) is 5.91 Å². The molecule has 2 aromatic carbocycles. The van der Waals surface area contributed by atoms with Gasteiger partial charge in [0.2, 0.25) is 5.91 Å². The maximum absolute atomic E-state index is 13.4. The number of anilines is 2. The van der Waals surface area contributed by atoms with Crippen molar-refractivity contribution < 1.29 is 9.59 Å². The van der Waals surface area contributed by atoms with E-state index in [1.807, 2.05) is 46.2 Å². The fourth-order valence-corrected chi connectivity index (χ4v) is 6.43. The summed E-state index contributed by atoms with van der Waals surface area (Å²) in [5, 5.41) is 1.53. The summed E-state index contributed by atoms with van der Waals surface area (Å²) >= 11 is 7.46. The van der Waals surface area contributed by atoms with E-state index in [0.29, 0.717) is 16.4 Å². The highest BCUT2D eigenvalue weighted by molar-refractivity contribution is 7.17. The van der Waals surface area contributed by atoms with E-state index in [0.717, 1.165) is 72.1 Å². The minimum atomic E-state index is -0.00108. The molecule has 4 heterocycles. The first kappa shape index (κ1) is 21.8. The third-order valence-electron chi connectivity index (χ3n) is 7.08. The SMILES string of the molecule is CN1CCC(C(=O)N2CCc3cc(N4CCc5nc(-c6ccc(Cl)cc6)sc5C4=O)ccc32)C1. The summed E-state index contributed by atoms with van der Waals surface area (Å²) in [6.45, 7) is 3.13. The molecule has 3 aromatic rings. The molecule has 0 aliphatic carbocycles. The van der Waals surface area contributed by atoms with Crippen LogP contribution in [0.1, 0.15) is 27.3 Å². The van der Waals surface area contributed by atoms with Gasteiger partial charge < -0.3 is 14.7 Å². The lowest BCUT2D eigenvalue weighted by Crippen LogP contribution is -2.37. The number of amides is 2. The zero-order chi connectivity index (χ0) is 23.4. The maximum Gasteiger partial charge on any atom is 0.270 e. The lowest BCUT2D eigenvalue weighted by molar-refractivity contribution is -0.121. The van der Waals surface area contributed by atoms with Crippen molar-refractivity contribution in [2.75, 3.05) is 43.0 Å². The van der Waals surface area contributed by atoms with Crippen LogP contribution in [-0.2, 0) is 17.6 Å². The Balaban J connectivity index is 1.23. The predicted octanol–water partition coefficient (Wildman–Crippen LogP) is 4.51. The van der Waals surface area contributed by atoms with Gasteiger partial charge in [0.1, 0.15) is 9.88 Å². The van der Waals surface area contributed by atoms with Crippen molar-refractivity contribution >= 4 is 46.1 Å². The van der Waals surface area contributed by atoms with Crippen molar-refractivity contribution in [2.45, 2.75) is 19.3 Å². The zero-order valence-electron chi connectivity index (χ0n) is 19.0. The van der Waals surface area contributed by atoms with Gasteiger partial charge in [-0.3, -0.25) is 9.59 Å². The van der Waals surface area contributed by atoms with Crippen LogP contribution in [0.2, 0.25) is 5.02 Å². The van der Waals surface area contributed by atoms with Crippen molar-refractivity contribution in [2.24, 2.45) is 5.92 Å². The lowest BCUT2D eigenvalue weighted by atomic mass is 10.1. The van der Waals surface area contributed by atoms with Gasteiger partial charge in [-0.15, -0.1) is 11.3 Å². The Labute approximate surface area is 207 Å². The van der Waals surface area contributed by atoms with Crippen LogP contribution in [0.4, 0.5) is 11.4 Å². The highest BCUT2D eigenvalue weighted by Gasteiger charge is 2.35.